The lowest BCUT2D eigenvalue weighted by Gasteiger charge is -2.38. The van der Waals surface area contributed by atoms with Crippen LogP contribution in [-0.2, 0) is 22.6 Å². The highest BCUT2D eigenvalue weighted by Crippen LogP contribution is 2.38. The molecule has 0 radical (unpaired) electrons. The van der Waals surface area contributed by atoms with Gasteiger partial charge >= 0.3 is 0 Å². The zero-order chi connectivity index (χ0) is 36.9. The molecule has 4 aromatic carbocycles. The van der Waals surface area contributed by atoms with E-state index in [0.29, 0.717) is 30.9 Å². The highest BCUT2D eigenvalue weighted by molar-refractivity contribution is 5.84. The van der Waals surface area contributed by atoms with Crippen molar-refractivity contribution in [3.05, 3.63) is 108 Å². The molecule has 2 amide bonds. The molecule has 0 bridgehead atoms. The number of rotatable bonds is 14. The number of ether oxygens (including phenoxy) is 1. The number of likely N-dealkylation sites (tertiary alicyclic amines) is 1. The molecule has 5 atom stereocenters. The number of nitrogens with one attached hydrogen (secondary N) is 1. The summed E-state index contributed by atoms with van der Waals surface area (Å²) in [6, 6.07) is 28.0. The third kappa shape index (κ3) is 8.75. The first-order chi connectivity index (χ1) is 24.9. The lowest BCUT2D eigenvalue weighted by molar-refractivity contribution is -1.08. The third-order valence-electron chi connectivity index (χ3n) is 10.1. The van der Waals surface area contributed by atoms with Crippen molar-refractivity contribution in [1.82, 2.24) is 10.2 Å². The third-order valence-corrected chi connectivity index (χ3v) is 10.1. The maximum Gasteiger partial charge on any atom is 0.282 e. The molecule has 1 heterocycles. The van der Waals surface area contributed by atoms with E-state index in [2.05, 4.69) is 5.32 Å². The average molecular weight is 711 g/mol. The summed E-state index contributed by atoms with van der Waals surface area (Å²) in [5, 5.41) is 37.3. The van der Waals surface area contributed by atoms with E-state index in [4.69, 9.17) is 14.7 Å². The summed E-state index contributed by atoms with van der Waals surface area (Å²) >= 11 is 0. The van der Waals surface area contributed by atoms with Crippen LogP contribution in [0.25, 0.3) is 10.8 Å². The van der Waals surface area contributed by atoms with Crippen molar-refractivity contribution in [2.75, 3.05) is 26.3 Å². The number of hydrogen-bond acceptors (Lipinski definition) is 7. The Kier molecular flexibility index (Phi) is 11.5. The molecule has 10 nitrogen and oxygen atoms in total. The van der Waals surface area contributed by atoms with Crippen LogP contribution >= 0.6 is 0 Å². The number of carbonyl (C=O) groups excluding carboxylic acids is 2. The Morgan fingerprint density at radius 1 is 0.962 bits per heavy atom. The Hall–Kier alpha value is -4.48. The topological polar surface area (TPSA) is 129 Å². The standard InChI is InChI=1S/C42H51N3O7/c1-42(2,3)43-41(50)37-13-8-22-45(37,52-35-20-16-30-9-4-5-10-31(30)25-35)28-33(47)17-21-39(49)44(27-29-14-18-34(19-15-29)51-24-23-46)40-36-12-7-6-11-32(36)26-38(40)48/h4-7,9-12,14-16,18-20,25,33,37-38,40,46-48H,8,13,17,21-24,26-28H2,1-3H3/p+1/t33-,37+,38+,40-,45?/m0/s1. The molecule has 1 aliphatic carbocycles. The second-order valence-electron chi connectivity index (χ2n) is 15.2. The van der Waals surface area contributed by atoms with Crippen LogP contribution in [0.2, 0.25) is 0 Å². The van der Waals surface area contributed by atoms with Crippen molar-refractivity contribution in [3.63, 3.8) is 0 Å². The van der Waals surface area contributed by atoms with Gasteiger partial charge in [-0.3, -0.25) is 9.59 Å². The van der Waals surface area contributed by atoms with E-state index in [1.54, 1.807) is 17.0 Å². The van der Waals surface area contributed by atoms with Crippen molar-refractivity contribution in [1.29, 1.82) is 0 Å². The summed E-state index contributed by atoms with van der Waals surface area (Å²) in [7, 11) is 0. The molecule has 4 aromatic rings. The molecule has 1 aliphatic heterocycles. The zero-order valence-electron chi connectivity index (χ0n) is 30.4. The van der Waals surface area contributed by atoms with E-state index in [9.17, 15) is 19.8 Å². The monoisotopic (exact) mass is 710 g/mol. The van der Waals surface area contributed by atoms with Crippen LogP contribution in [0.3, 0.4) is 0 Å². The van der Waals surface area contributed by atoms with Gasteiger partial charge in [0, 0.05) is 37.8 Å². The van der Waals surface area contributed by atoms with E-state index >= 15 is 0 Å². The smallest absolute Gasteiger partial charge is 0.282 e. The number of aliphatic hydroxyl groups excluding tert-OH is 3. The number of aliphatic hydroxyl groups is 3. The summed E-state index contributed by atoms with van der Waals surface area (Å²) in [4.78, 5) is 36.4. The molecule has 2 aliphatic rings. The molecule has 0 saturated carbocycles. The van der Waals surface area contributed by atoms with Gasteiger partial charge in [-0.05, 0) is 78.9 Å². The van der Waals surface area contributed by atoms with Gasteiger partial charge in [0.1, 0.15) is 31.5 Å². The second kappa shape index (κ2) is 16.0. The van der Waals surface area contributed by atoms with E-state index in [1.165, 1.54) is 0 Å². The van der Waals surface area contributed by atoms with E-state index in [0.717, 1.165) is 33.9 Å². The predicted octanol–water partition coefficient (Wildman–Crippen LogP) is 5.23. The van der Waals surface area contributed by atoms with Gasteiger partial charge in [-0.25, -0.2) is 0 Å². The zero-order valence-corrected chi connectivity index (χ0v) is 30.4. The van der Waals surface area contributed by atoms with Crippen molar-refractivity contribution >= 4 is 22.6 Å². The number of carbonyl (C=O) groups is 2. The first-order valence-electron chi connectivity index (χ1n) is 18.4. The summed E-state index contributed by atoms with van der Waals surface area (Å²) < 4.78 is 5.45. The van der Waals surface area contributed by atoms with Crippen molar-refractivity contribution < 1.29 is 39.1 Å². The Labute approximate surface area is 306 Å². The maximum atomic E-state index is 14.2. The lowest BCUT2D eigenvalue weighted by Crippen LogP contribution is -2.63. The first-order valence-corrected chi connectivity index (χ1v) is 18.4. The van der Waals surface area contributed by atoms with Gasteiger partial charge < -0.3 is 35.1 Å². The van der Waals surface area contributed by atoms with Gasteiger partial charge in [0.2, 0.25) is 11.9 Å². The second-order valence-corrected chi connectivity index (χ2v) is 15.2. The SMILES string of the molecule is CC(C)(C)NC(=O)[C@H]1CCC[N+]1(C[C@@H](O)CCC(=O)N(Cc1ccc(OCCO)cc1)[C@H]1c2ccccc2C[C@H]1O)Oc1ccc2ccccc2c1. The average Bonchev–Trinajstić information content (AvgIpc) is 3.68. The first kappa shape index (κ1) is 37.3. The molecule has 4 N–H and O–H groups in total. The minimum absolute atomic E-state index is 0.0408. The van der Waals surface area contributed by atoms with E-state index < -0.39 is 29.8 Å². The molecule has 6 rings (SSSR count). The molecule has 10 heteroatoms. The number of amides is 2. The van der Waals surface area contributed by atoms with Crippen LogP contribution in [0.5, 0.6) is 11.5 Å². The van der Waals surface area contributed by atoms with Gasteiger partial charge in [0.25, 0.3) is 5.91 Å². The minimum atomic E-state index is -0.946. The van der Waals surface area contributed by atoms with Crippen molar-refractivity contribution in [3.8, 4) is 11.5 Å². The predicted molar refractivity (Wildman–Crippen MR) is 199 cm³/mol. The number of fused-ring (bicyclic) bond motifs is 2. The summed E-state index contributed by atoms with van der Waals surface area (Å²) in [5.41, 5.74) is 2.35. The quantitative estimate of drug-likeness (QED) is 0.132. The largest absolute Gasteiger partial charge is 0.491 e. The maximum absolute atomic E-state index is 14.2. The minimum Gasteiger partial charge on any atom is -0.491 e. The molecule has 52 heavy (non-hydrogen) atoms. The fourth-order valence-electron chi connectivity index (χ4n) is 7.74. The van der Waals surface area contributed by atoms with Crippen LogP contribution in [0.15, 0.2) is 91.0 Å². The van der Waals surface area contributed by atoms with Gasteiger partial charge in [-0.15, -0.1) is 4.65 Å². The molecule has 1 fully saturated rings. The summed E-state index contributed by atoms with van der Waals surface area (Å²) in [6.07, 6.45) is 0.287. The van der Waals surface area contributed by atoms with E-state index in [-0.39, 0.29) is 55.6 Å². The molecule has 1 saturated heterocycles. The van der Waals surface area contributed by atoms with Gasteiger partial charge in [-0.1, -0.05) is 66.7 Å². The highest BCUT2D eigenvalue weighted by Gasteiger charge is 2.51. The van der Waals surface area contributed by atoms with Crippen LogP contribution in [0.4, 0.5) is 0 Å². The molecular weight excluding hydrogens is 658 g/mol. The van der Waals surface area contributed by atoms with Gasteiger partial charge in [0.05, 0.1) is 18.8 Å². The normalized spacial score (nSPS) is 21.8. The molecule has 0 aromatic heterocycles. The van der Waals surface area contributed by atoms with Crippen LogP contribution in [-0.4, -0.2) is 86.8 Å². The fourth-order valence-corrected chi connectivity index (χ4v) is 7.74. The molecule has 276 valence electrons. The number of quaternary nitrogens is 1. The van der Waals surface area contributed by atoms with E-state index in [1.807, 2.05) is 99.6 Å². The molecule has 1 unspecified atom stereocenters. The van der Waals surface area contributed by atoms with Crippen LogP contribution in [0, 0.1) is 0 Å². The summed E-state index contributed by atoms with van der Waals surface area (Å²) in [6.45, 7) is 6.87. The number of hydrogen-bond donors (Lipinski definition) is 4. The highest BCUT2D eigenvalue weighted by atomic mass is 16.7. The Morgan fingerprint density at radius 3 is 2.42 bits per heavy atom. The Bertz CT molecular complexity index is 1840. The van der Waals surface area contributed by atoms with Crippen LogP contribution < -0.4 is 14.9 Å². The van der Waals surface area contributed by atoms with Gasteiger partial charge in [-0.2, -0.15) is 0 Å². The Balaban J connectivity index is 1.22. The number of benzene rings is 4. The molecule has 0 spiro atoms. The van der Waals surface area contributed by atoms with Crippen molar-refractivity contribution in [2.24, 2.45) is 0 Å². The van der Waals surface area contributed by atoms with Crippen molar-refractivity contribution in [2.45, 2.75) is 89.3 Å². The Morgan fingerprint density at radius 2 is 1.67 bits per heavy atom. The van der Waals surface area contributed by atoms with Gasteiger partial charge in [0.15, 0.2) is 5.75 Å². The molecular formula is C42H52N3O7+. The summed E-state index contributed by atoms with van der Waals surface area (Å²) in [5.74, 6) is 0.919. The number of hydroxylamine groups is 3. The number of nitrogens with zero attached hydrogens (tertiary/aromatic N) is 2. The van der Waals surface area contributed by atoms with Crippen LogP contribution in [0.1, 0.15) is 69.2 Å². The lowest BCUT2D eigenvalue weighted by atomic mass is 10.0. The fraction of sp³-hybridized carbons (Fsp3) is 0.429.